The Balaban J connectivity index is 1.22. The SMILES string of the molecule is COC[C@@H]1NC(=O)[C@H](CCC(=O)N2CCOCC2)N(Cc2ccc(Cl)cc2Oc2ccc(-c3cnc(CN(C)C)n3C)cc2)C(=O)C[C@@H](Cc2ccccc2)C(=O)N(C)[C@H]2CCCC[C@@H]2NC(=O)C[C@H](Cc2ccc(Cl)cc2)N(C)C1=O. The average Bonchev–Trinajstić information content (AvgIpc) is 4.03. The first-order valence-corrected chi connectivity index (χ1v) is 29.0. The summed E-state index contributed by atoms with van der Waals surface area (Å²) < 4.78 is 19.9. The van der Waals surface area contributed by atoms with Crippen LogP contribution in [0.4, 0.5) is 0 Å². The van der Waals surface area contributed by atoms with Crippen LogP contribution in [-0.4, -0.2) is 168 Å². The molecule has 0 spiro atoms. The number of aromatic nitrogens is 2. The molecule has 4 aromatic carbocycles. The second kappa shape index (κ2) is 28.9. The molecule has 3 aliphatic rings. The van der Waals surface area contributed by atoms with Gasteiger partial charge in [0, 0.05) is 93.9 Å². The Morgan fingerprint density at radius 2 is 1.49 bits per heavy atom. The van der Waals surface area contributed by atoms with E-state index in [4.69, 9.17) is 37.4 Å². The van der Waals surface area contributed by atoms with Crippen LogP contribution in [0.1, 0.15) is 73.9 Å². The van der Waals surface area contributed by atoms with Gasteiger partial charge in [-0.25, -0.2) is 4.98 Å². The maximum absolute atomic E-state index is 15.9. The number of likely N-dealkylation sites (N-methyl/N-ethyl adjacent to an activating group) is 2. The number of carbonyl (C=O) groups is 6. The van der Waals surface area contributed by atoms with Crippen LogP contribution in [0.2, 0.25) is 10.0 Å². The predicted molar refractivity (Wildman–Crippen MR) is 314 cm³/mol. The molecule has 6 amide bonds. The van der Waals surface area contributed by atoms with Crippen molar-refractivity contribution < 1.29 is 43.0 Å². The van der Waals surface area contributed by atoms with Gasteiger partial charge in [0.1, 0.15) is 29.4 Å². The Morgan fingerprint density at radius 1 is 0.793 bits per heavy atom. The van der Waals surface area contributed by atoms with Gasteiger partial charge in [-0.15, -0.1) is 0 Å². The summed E-state index contributed by atoms with van der Waals surface area (Å²) in [5.41, 5.74) is 3.94. The van der Waals surface area contributed by atoms with Gasteiger partial charge >= 0.3 is 0 Å². The average molecular weight is 1160 g/mol. The molecule has 2 N–H and O–H groups in total. The van der Waals surface area contributed by atoms with E-state index in [1.54, 1.807) is 54.2 Å². The number of carbonyl (C=O) groups excluding carboxylic acids is 6. The van der Waals surface area contributed by atoms with Crippen molar-refractivity contribution in [1.82, 2.24) is 44.7 Å². The summed E-state index contributed by atoms with van der Waals surface area (Å²) in [7, 11) is 10.7. The van der Waals surface area contributed by atoms with Crippen LogP contribution in [0, 0.1) is 5.92 Å². The summed E-state index contributed by atoms with van der Waals surface area (Å²) in [5.74, 6) is -1.93. The number of methoxy groups -OCH3 is 1. The van der Waals surface area contributed by atoms with Gasteiger partial charge in [-0.05, 0) is 106 Å². The van der Waals surface area contributed by atoms with Gasteiger partial charge in [0.05, 0.1) is 56.8 Å². The van der Waals surface area contributed by atoms with E-state index in [0.29, 0.717) is 72.8 Å². The van der Waals surface area contributed by atoms with E-state index in [1.807, 2.05) is 98.6 Å². The molecular formula is C62H77Cl2N9O9. The lowest BCUT2D eigenvalue weighted by molar-refractivity contribution is -0.148. The number of hydrogen-bond acceptors (Lipinski definition) is 11. The van der Waals surface area contributed by atoms with Crippen LogP contribution >= 0.6 is 23.2 Å². The molecule has 18 nitrogen and oxygen atoms in total. The third-order valence-electron chi connectivity index (χ3n) is 15.9. The molecule has 8 rings (SSSR count). The van der Waals surface area contributed by atoms with Crippen molar-refractivity contribution >= 4 is 58.6 Å². The van der Waals surface area contributed by atoms with Crippen molar-refractivity contribution in [2.24, 2.45) is 13.0 Å². The number of imidazole rings is 1. The van der Waals surface area contributed by atoms with Crippen LogP contribution in [0.15, 0.2) is 103 Å². The number of morpholine rings is 1. The highest BCUT2D eigenvalue weighted by Crippen LogP contribution is 2.34. The minimum Gasteiger partial charge on any atom is -0.457 e. The second-order valence-electron chi connectivity index (χ2n) is 22.0. The molecule has 82 heavy (non-hydrogen) atoms. The number of halogens is 2. The van der Waals surface area contributed by atoms with Gasteiger partial charge in [-0.3, -0.25) is 28.8 Å². The fourth-order valence-electron chi connectivity index (χ4n) is 11.4. The zero-order valence-electron chi connectivity index (χ0n) is 47.9. The molecule has 6 atom stereocenters. The standard InChI is InChI=1S/C62H77Cl2N9O9/c1-68(2)39-56-65-37-54(70(56)4)43-19-24-49(25-20-43)82-55-35-47(64)23-18-44(55)38-73-53(26-27-58(75)72-28-30-81-31-29-72)60(77)67-51(40-80-6)62(79)69(3)48(33-42-16-21-46(63)22-17-42)36-57(74)66-50-14-10-11-15-52(50)71(5)61(78)45(34-59(73)76)32-41-12-8-7-9-13-41/h7-9,12-13,16-25,35,37,45,48,50-53H,10-11,14-15,26-34,36,38-40H2,1-6H3,(H,66,74)(H,67,77)/t45-,48+,50+,51+,52+,53+/m1/s1. The Morgan fingerprint density at radius 3 is 2.20 bits per heavy atom. The molecule has 1 aromatic heterocycles. The number of ether oxygens (including phenoxy) is 3. The predicted octanol–water partition coefficient (Wildman–Crippen LogP) is 7.32. The zero-order chi connectivity index (χ0) is 58.5. The van der Waals surface area contributed by atoms with E-state index in [2.05, 4.69) is 20.5 Å². The third kappa shape index (κ3) is 16.0. The maximum atomic E-state index is 15.9. The molecular weight excluding hydrogens is 1090 g/mol. The first-order chi connectivity index (χ1) is 39.5. The number of hydrogen-bond donors (Lipinski definition) is 2. The second-order valence-corrected chi connectivity index (χ2v) is 22.9. The van der Waals surface area contributed by atoms with E-state index >= 15 is 19.2 Å². The topological polar surface area (TPSA) is 188 Å². The molecule has 5 aromatic rings. The van der Waals surface area contributed by atoms with Crippen molar-refractivity contribution in [1.29, 1.82) is 0 Å². The number of benzene rings is 4. The summed E-state index contributed by atoms with van der Waals surface area (Å²) in [6.07, 6.45) is 4.42. The molecule has 3 fully saturated rings. The highest BCUT2D eigenvalue weighted by Gasteiger charge is 2.41. The lowest BCUT2D eigenvalue weighted by Crippen LogP contribution is -2.59. The number of amides is 6. The Labute approximate surface area is 491 Å². The minimum absolute atomic E-state index is 0.0947. The quantitative estimate of drug-likeness (QED) is 0.101. The smallest absolute Gasteiger partial charge is 0.247 e. The first kappa shape index (κ1) is 61.2. The minimum atomic E-state index is -1.39. The van der Waals surface area contributed by atoms with E-state index in [0.717, 1.165) is 41.1 Å². The summed E-state index contributed by atoms with van der Waals surface area (Å²) in [4.78, 5) is 103. The van der Waals surface area contributed by atoms with E-state index in [-0.39, 0.29) is 69.4 Å². The summed E-state index contributed by atoms with van der Waals surface area (Å²) in [5, 5.41) is 7.08. The number of nitrogens with one attached hydrogen (secondary N) is 2. The number of rotatable bonds is 16. The molecule has 20 heteroatoms. The molecule has 0 unspecified atom stereocenters. The molecule has 438 valence electrons. The van der Waals surface area contributed by atoms with Gasteiger partial charge in [-0.1, -0.05) is 84.6 Å². The highest BCUT2D eigenvalue weighted by molar-refractivity contribution is 6.31. The summed E-state index contributed by atoms with van der Waals surface area (Å²) in [6.45, 7) is 1.58. The molecule has 0 radical (unpaired) electrons. The number of fused-ring (bicyclic) bond motifs is 1. The molecule has 1 saturated carbocycles. The van der Waals surface area contributed by atoms with Crippen molar-refractivity contribution in [2.45, 2.75) is 108 Å². The van der Waals surface area contributed by atoms with Crippen molar-refractivity contribution in [3.8, 4) is 22.8 Å². The highest BCUT2D eigenvalue weighted by atomic mass is 35.5. The Kier molecular flexibility index (Phi) is 21.6. The fourth-order valence-corrected chi connectivity index (χ4v) is 11.6. The van der Waals surface area contributed by atoms with Gasteiger partial charge in [0.15, 0.2) is 0 Å². The van der Waals surface area contributed by atoms with Crippen LogP contribution in [-0.2, 0) is 71.2 Å². The van der Waals surface area contributed by atoms with Crippen LogP contribution in [0.5, 0.6) is 11.5 Å². The van der Waals surface area contributed by atoms with Gasteiger partial charge in [0.2, 0.25) is 35.4 Å². The Hall–Kier alpha value is -6.83. The summed E-state index contributed by atoms with van der Waals surface area (Å²) >= 11 is 13.0. The van der Waals surface area contributed by atoms with Crippen LogP contribution in [0.25, 0.3) is 11.3 Å². The molecule has 3 heterocycles. The number of nitrogens with zero attached hydrogens (tertiary/aromatic N) is 7. The maximum Gasteiger partial charge on any atom is 0.247 e. The fraction of sp³-hybridized carbons (Fsp3) is 0.468. The lowest BCUT2D eigenvalue weighted by atomic mass is 9.87. The van der Waals surface area contributed by atoms with Crippen molar-refractivity contribution in [3.05, 3.63) is 136 Å². The summed E-state index contributed by atoms with van der Waals surface area (Å²) in [6, 6.07) is 25.0. The lowest BCUT2D eigenvalue weighted by Gasteiger charge is -2.40. The Bertz CT molecular complexity index is 2990. The van der Waals surface area contributed by atoms with E-state index in [9.17, 15) is 9.59 Å². The van der Waals surface area contributed by atoms with Gasteiger partial charge in [0.25, 0.3) is 0 Å². The largest absolute Gasteiger partial charge is 0.457 e. The molecule has 0 bridgehead atoms. The van der Waals surface area contributed by atoms with Gasteiger partial charge in [-0.2, -0.15) is 0 Å². The monoisotopic (exact) mass is 1160 g/mol. The van der Waals surface area contributed by atoms with Gasteiger partial charge < -0.3 is 53.9 Å². The zero-order valence-corrected chi connectivity index (χ0v) is 49.4. The van der Waals surface area contributed by atoms with E-state index < -0.39 is 53.8 Å². The normalized spacial score (nSPS) is 21.9. The molecule has 1 aliphatic carbocycles. The first-order valence-electron chi connectivity index (χ1n) is 28.2. The van der Waals surface area contributed by atoms with Crippen LogP contribution in [0.3, 0.4) is 0 Å². The van der Waals surface area contributed by atoms with E-state index in [1.165, 1.54) is 16.9 Å². The van der Waals surface area contributed by atoms with Crippen LogP contribution < -0.4 is 15.4 Å². The van der Waals surface area contributed by atoms with Crippen molar-refractivity contribution in [3.63, 3.8) is 0 Å². The molecule has 2 aliphatic heterocycles. The third-order valence-corrected chi connectivity index (χ3v) is 16.4. The van der Waals surface area contributed by atoms with Crippen molar-refractivity contribution in [2.75, 3.05) is 68.2 Å². The molecule has 2 saturated heterocycles.